The number of nitrogen functional groups attached to an aromatic ring is 1. The van der Waals surface area contributed by atoms with E-state index in [-0.39, 0.29) is 5.91 Å². The molecule has 0 fully saturated rings. The van der Waals surface area contributed by atoms with E-state index in [4.69, 9.17) is 5.73 Å². The summed E-state index contributed by atoms with van der Waals surface area (Å²) in [5.41, 5.74) is 7.11. The first-order chi connectivity index (χ1) is 9.15. The Kier molecular flexibility index (Phi) is 6.97. The third-order valence-electron chi connectivity index (χ3n) is 2.93. The smallest absolute Gasteiger partial charge is 0.225 e. The first-order valence-corrected chi connectivity index (χ1v) is 7.03. The van der Waals surface area contributed by atoms with Crippen molar-refractivity contribution in [3.05, 3.63) is 24.3 Å². The number of amides is 1. The average Bonchev–Trinajstić information content (AvgIpc) is 2.39. The highest BCUT2D eigenvalue weighted by Gasteiger charge is 2.07. The quantitative estimate of drug-likeness (QED) is 0.709. The summed E-state index contributed by atoms with van der Waals surface area (Å²) in [6, 6.07) is 7.22. The standard InChI is InChI=1S/C15H25N3O/c1-3-10-18(11-4-2)12-9-15(19)17-14-7-5-13(16)6-8-14/h5-8H,3-4,9-12,16H2,1-2H3,(H,17,19). The molecule has 0 bridgehead atoms. The van der Waals surface area contributed by atoms with Gasteiger partial charge >= 0.3 is 0 Å². The second kappa shape index (κ2) is 8.53. The predicted octanol–water partition coefficient (Wildman–Crippen LogP) is 2.72. The molecule has 0 aromatic heterocycles. The Morgan fingerprint density at radius 2 is 1.68 bits per heavy atom. The molecule has 3 N–H and O–H groups in total. The Morgan fingerprint density at radius 3 is 2.21 bits per heavy atom. The molecule has 1 amide bonds. The molecule has 4 heteroatoms. The summed E-state index contributed by atoms with van der Waals surface area (Å²) in [7, 11) is 0. The molecule has 1 rings (SSSR count). The minimum atomic E-state index is 0.0574. The minimum Gasteiger partial charge on any atom is -0.399 e. The van der Waals surface area contributed by atoms with E-state index in [1.807, 2.05) is 12.1 Å². The van der Waals surface area contributed by atoms with Crippen molar-refractivity contribution in [2.45, 2.75) is 33.1 Å². The molecule has 0 spiro atoms. The third-order valence-corrected chi connectivity index (χ3v) is 2.93. The highest BCUT2D eigenvalue weighted by Crippen LogP contribution is 2.10. The van der Waals surface area contributed by atoms with Gasteiger partial charge in [0, 0.05) is 24.3 Å². The highest BCUT2D eigenvalue weighted by molar-refractivity contribution is 5.90. The Hall–Kier alpha value is -1.55. The number of benzene rings is 1. The van der Waals surface area contributed by atoms with Gasteiger partial charge in [0.25, 0.3) is 0 Å². The monoisotopic (exact) mass is 263 g/mol. The highest BCUT2D eigenvalue weighted by atomic mass is 16.1. The Bertz CT molecular complexity index is 369. The van der Waals surface area contributed by atoms with Gasteiger partial charge < -0.3 is 16.0 Å². The summed E-state index contributed by atoms with van der Waals surface area (Å²) >= 11 is 0. The van der Waals surface area contributed by atoms with Gasteiger partial charge in [-0.1, -0.05) is 13.8 Å². The zero-order valence-electron chi connectivity index (χ0n) is 12.0. The first kappa shape index (κ1) is 15.5. The molecule has 0 aliphatic carbocycles. The Labute approximate surface area is 116 Å². The summed E-state index contributed by atoms with van der Waals surface area (Å²) in [5.74, 6) is 0.0574. The van der Waals surface area contributed by atoms with Gasteiger partial charge in [0.1, 0.15) is 0 Å². The molecule has 106 valence electrons. The molecule has 0 atom stereocenters. The van der Waals surface area contributed by atoms with Gasteiger partial charge in [-0.2, -0.15) is 0 Å². The lowest BCUT2D eigenvalue weighted by molar-refractivity contribution is -0.116. The third kappa shape index (κ3) is 6.25. The van der Waals surface area contributed by atoms with Crippen molar-refractivity contribution in [2.24, 2.45) is 0 Å². The predicted molar refractivity (Wildman–Crippen MR) is 81.1 cm³/mol. The molecule has 0 saturated carbocycles. The van der Waals surface area contributed by atoms with E-state index in [9.17, 15) is 4.79 Å². The molecule has 19 heavy (non-hydrogen) atoms. The molecule has 0 radical (unpaired) electrons. The number of carbonyl (C=O) groups excluding carboxylic acids is 1. The van der Waals surface area contributed by atoms with Crippen LogP contribution in [0.3, 0.4) is 0 Å². The van der Waals surface area contributed by atoms with Crippen molar-refractivity contribution in [2.75, 3.05) is 30.7 Å². The van der Waals surface area contributed by atoms with Crippen LogP contribution in [0.25, 0.3) is 0 Å². The second-order valence-corrected chi connectivity index (χ2v) is 4.76. The van der Waals surface area contributed by atoms with E-state index < -0.39 is 0 Å². The summed E-state index contributed by atoms with van der Waals surface area (Å²) < 4.78 is 0. The van der Waals surface area contributed by atoms with E-state index in [1.54, 1.807) is 12.1 Å². The molecule has 0 unspecified atom stereocenters. The number of hydrogen-bond donors (Lipinski definition) is 2. The summed E-state index contributed by atoms with van der Waals surface area (Å²) in [6.07, 6.45) is 2.78. The summed E-state index contributed by atoms with van der Waals surface area (Å²) in [6.45, 7) is 7.27. The molecule has 0 saturated heterocycles. The summed E-state index contributed by atoms with van der Waals surface area (Å²) in [5, 5.41) is 2.89. The van der Waals surface area contributed by atoms with Crippen LogP contribution in [0.15, 0.2) is 24.3 Å². The minimum absolute atomic E-state index is 0.0574. The number of hydrogen-bond acceptors (Lipinski definition) is 3. The van der Waals surface area contributed by atoms with Crippen molar-refractivity contribution in [3.63, 3.8) is 0 Å². The fourth-order valence-corrected chi connectivity index (χ4v) is 2.02. The van der Waals surface area contributed by atoms with Crippen LogP contribution in [-0.4, -0.2) is 30.4 Å². The maximum atomic E-state index is 11.8. The van der Waals surface area contributed by atoms with Crippen molar-refractivity contribution in [1.82, 2.24) is 4.90 Å². The van der Waals surface area contributed by atoms with Crippen LogP contribution in [-0.2, 0) is 4.79 Å². The molecule has 1 aromatic carbocycles. The van der Waals surface area contributed by atoms with Crippen LogP contribution in [0.1, 0.15) is 33.1 Å². The van der Waals surface area contributed by atoms with Crippen LogP contribution in [0.4, 0.5) is 11.4 Å². The fraction of sp³-hybridized carbons (Fsp3) is 0.533. The normalized spacial score (nSPS) is 10.7. The van der Waals surface area contributed by atoms with Crippen LogP contribution in [0.5, 0.6) is 0 Å². The Balaban J connectivity index is 2.35. The number of nitrogens with zero attached hydrogens (tertiary/aromatic N) is 1. The van der Waals surface area contributed by atoms with Crippen LogP contribution >= 0.6 is 0 Å². The lowest BCUT2D eigenvalue weighted by Crippen LogP contribution is -2.29. The van der Waals surface area contributed by atoms with Gasteiger partial charge in [-0.05, 0) is 50.2 Å². The van der Waals surface area contributed by atoms with Gasteiger partial charge in [0.05, 0.1) is 0 Å². The van der Waals surface area contributed by atoms with Gasteiger partial charge in [0.15, 0.2) is 0 Å². The Morgan fingerprint density at radius 1 is 1.11 bits per heavy atom. The van der Waals surface area contributed by atoms with Gasteiger partial charge in [-0.3, -0.25) is 4.79 Å². The number of carbonyl (C=O) groups is 1. The molecule has 0 aliphatic heterocycles. The molecule has 4 nitrogen and oxygen atoms in total. The molecular weight excluding hydrogens is 238 g/mol. The topological polar surface area (TPSA) is 58.4 Å². The average molecular weight is 263 g/mol. The number of nitrogens with one attached hydrogen (secondary N) is 1. The van der Waals surface area contributed by atoms with Crippen LogP contribution in [0.2, 0.25) is 0 Å². The maximum absolute atomic E-state index is 11.8. The SMILES string of the molecule is CCCN(CCC)CCC(=O)Nc1ccc(N)cc1. The zero-order valence-corrected chi connectivity index (χ0v) is 12.0. The van der Waals surface area contributed by atoms with E-state index in [0.29, 0.717) is 12.1 Å². The molecule has 0 heterocycles. The van der Waals surface area contributed by atoms with Crippen molar-refractivity contribution in [3.8, 4) is 0 Å². The lowest BCUT2D eigenvalue weighted by atomic mass is 10.2. The van der Waals surface area contributed by atoms with Crippen molar-refractivity contribution >= 4 is 17.3 Å². The van der Waals surface area contributed by atoms with Gasteiger partial charge in [-0.25, -0.2) is 0 Å². The number of nitrogens with two attached hydrogens (primary N) is 1. The van der Waals surface area contributed by atoms with E-state index in [1.165, 1.54) is 0 Å². The van der Waals surface area contributed by atoms with Crippen molar-refractivity contribution < 1.29 is 4.79 Å². The largest absolute Gasteiger partial charge is 0.399 e. The molecule has 1 aromatic rings. The van der Waals surface area contributed by atoms with Crippen molar-refractivity contribution in [1.29, 1.82) is 0 Å². The lowest BCUT2D eigenvalue weighted by Gasteiger charge is -2.20. The first-order valence-electron chi connectivity index (χ1n) is 7.03. The zero-order chi connectivity index (χ0) is 14.1. The maximum Gasteiger partial charge on any atom is 0.225 e. The van der Waals surface area contributed by atoms with E-state index >= 15 is 0 Å². The molecule has 0 aliphatic rings. The van der Waals surface area contributed by atoms with Gasteiger partial charge in [-0.15, -0.1) is 0 Å². The van der Waals surface area contributed by atoms with E-state index in [2.05, 4.69) is 24.1 Å². The fourth-order valence-electron chi connectivity index (χ4n) is 2.02. The number of anilines is 2. The summed E-state index contributed by atoms with van der Waals surface area (Å²) in [4.78, 5) is 14.2. The number of rotatable bonds is 8. The second-order valence-electron chi connectivity index (χ2n) is 4.76. The molecular formula is C15H25N3O. The van der Waals surface area contributed by atoms with Gasteiger partial charge in [0.2, 0.25) is 5.91 Å². The van der Waals surface area contributed by atoms with Crippen LogP contribution < -0.4 is 11.1 Å². The van der Waals surface area contributed by atoms with Crippen LogP contribution in [0, 0.1) is 0 Å². The van der Waals surface area contributed by atoms with E-state index in [0.717, 1.165) is 38.2 Å².